The zero-order valence-corrected chi connectivity index (χ0v) is 15.3. The van der Waals surface area contributed by atoms with Gasteiger partial charge in [0.25, 0.3) is 0 Å². The quantitative estimate of drug-likeness (QED) is 0.572. The van der Waals surface area contributed by atoms with Gasteiger partial charge in [-0.2, -0.15) is 0 Å². The molecule has 2 aliphatic rings. The zero-order chi connectivity index (χ0) is 18.4. The van der Waals surface area contributed by atoms with Gasteiger partial charge in [0.15, 0.2) is 11.5 Å². The molecule has 1 fully saturated rings. The Bertz CT molecular complexity index is 634. The SMILES string of the molecule is C=CCC1(OC(=O)OCC)CCCN(CC2COc3ccccc3O2)C1. The van der Waals surface area contributed by atoms with E-state index in [-0.39, 0.29) is 6.10 Å². The number of para-hydroxylation sites is 2. The maximum atomic E-state index is 11.9. The molecule has 0 N–H and O–H groups in total. The first-order chi connectivity index (χ1) is 12.6. The molecular formula is C20H27NO5. The molecule has 26 heavy (non-hydrogen) atoms. The van der Waals surface area contributed by atoms with Crippen molar-refractivity contribution in [2.24, 2.45) is 0 Å². The maximum Gasteiger partial charge on any atom is 0.508 e. The van der Waals surface area contributed by atoms with Crippen LogP contribution >= 0.6 is 0 Å². The highest BCUT2D eigenvalue weighted by Gasteiger charge is 2.39. The lowest BCUT2D eigenvalue weighted by Gasteiger charge is -2.42. The predicted octanol–water partition coefficient (Wildman–Crippen LogP) is 3.41. The number of hydrogen-bond acceptors (Lipinski definition) is 6. The van der Waals surface area contributed by atoms with E-state index in [1.54, 1.807) is 13.0 Å². The van der Waals surface area contributed by atoms with Crippen LogP contribution in [0.3, 0.4) is 0 Å². The molecule has 0 radical (unpaired) electrons. The molecule has 3 rings (SSSR count). The van der Waals surface area contributed by atoms with Gasteiger partial charge in [0.1, 0.15) is 18.3 Å². The standard InChI is InChI=1S/C20H27NO5/c1-3-10-20(26-19(22)23-4-2)11-7-12-21(15-20)13-16-14-24-17-8-5-6-9-18(17)25-16/h3,5-6,8-9,16H,1,4,7,10-15H2,2H3. The van der Waals surface area contributed by atoms with Crippen molar-refractivity contribution < 1.29 is 23.7 Å². The van der Waals surface area contributed by atoms with Crippen LogP contribution in [-0.4, -0.2) is 55.6 Å². The summed E-state index contributed by atoms with van der Waals surface area (Å²) in [5, 5.41) is 0. The van der Waals surface area contributed by atoms with Crippen LogP contribution in [0, 0.1) is 0 Å². The monoisotopic (exact) mass is 361 g/mol. The van der Waals surface area contributed by atoms with Crippen molar-refractivity contribution in [3.05, 3.63) is 36.9 Å². The lowest BCUT2D eigenvalue weighted by Crippen LogP contribution is -2.53. The summed E-state index contributed by atoms with van der Waals surface area (Å²) in [5.41, 5.74) is -0.584. The third-order valence-corrected chi connectivity index (χ3v) is 4.73. The van der Waals surface area contributed by atoms with Crippen molar-refractivity contribution in [1.29, 1.82) is 0 Å². The summed E-state index contributed by atoms with van der Waals surface area (Å²) in [6.45, 7) is 8.71. The van der Waals surface area contributed by atoms with Crippen molar-refractivity contribution in [2.75, 3.05) is 32.8 Å². The summed E-state index contributed by atoms with van der Waals surface area (Å²) < 4.78 is 22.5. The molecule has 0 saturated carbocycles. The Labute approximate surface area is 154 Å². The Morgan fingerprint density at radius 1 is 1.42 bits per heavy atom. The van der Waals surface area contributed by atoms with Crippen LogP contribution < -0.4 is 9.47 Å². The minimum Gasteiger partial charge on any atom is -0.486 e. The fourth-order valence-electron chi connectivity index (χ4n) is 3.67. The van der Waals surface area contributed by atoms with Crippen LogP contribution in [0.1, 0.15) is 26.2 Å². The molecule has 6 nitrogen and oxygen atoms in total. The third kappa shape index (κ3) is 4.49. The van der Waals surface area contributed by atoms with Crippen LogP contribution in [0.4, 0.5) is 4.79 Å². The van der Waals surface area contributed by atoms with Crippen LogP contribution in [-0.2, 0) is 9.47 Å². The molecule has 1 aromatic carbocycles. The van der Waals surface area contributed by atoms with Gasteiger partial charge in [-0.1, -0.05) is 18.2 Å². The van der Waals surface area contributed by atoms with E-state index < -0.39 is 11.8 Å². The number of nitrogens with zero attached hydrogens (tertiary/aromatic N) is 1. The summed E-state index contributed by atoms with van der Waals surface area (Å²) >= 11 is 0. The van der Waals surface area contributed by atoms with Gasteiger partial charge in [0.2, 0.25) is 0 Å². The van der Waals surface area contributed by atoms with Crippen molar-refractivity contribution in [3.8, 4) is 11.5 Å². The summed E-state index contributed by atoms with van der Waals surface area (Å²) in [6, 6.07) is 7.70. The van der Waals surface area contributed by atoms with Crippen molar-refractivity contribution in [1.82, 2.24) is 4.90 Å². The second-order valence-corrected chi connectivity index (χ2v) is 6.80. The van der Waals surface area contributed by atoms with E-state index >= 15 is 0 Å². The molecule has 0 spiro atoms. The molecule has 0 aromatic heterocycles. The third-order valence-electron chi connectivity index (χ3n) is 4.73. The number of carbonyl (C=O) groups excluding carboxylic acids is 1. The number of benzene rings is 1. The Balaban J connectivity index is 1.61. The fourth-order valence-corrected chi connectivity index (χ4v) is 3.67. The van der Waals surface area contributed by atoms with Gasteiger partial charge in [-0.25, -0.2) is 4.79 Å². The number of fused-ring (bicyclic) bond motifs is 1. The molecule has 0 bridgehead atoms. The van der Waals surface area contributed by atoms with Crippen LogP contribution in [0.15, 0.2) is 36.9 Å². The van der Waals surface area contributed by atoms with E-state index in [9.17, 15) is 4.79 Å². The topological polar surface area (TPSA) is 57.2 Å². The molecular weight excluding hydrogens is 334 g/mol. The Kier molecular flexibility index (Phi) is 6.04. The summed E-state index contributed by atoms with van der Waals surface area (Å²) in [7, 11) is 0. The maximum absolute atomic E-state index is 11.9. The first-order valence-corrected chi connectivity index (χ1v) is 9.21. The van der Waals surface area contributed by atoms with E-state index in [0.29, 0.717) is 26.2 Å². The van der Waals surface area contributed by atoms with E-state index in [1.807, 2.05) is 24.3 Å². The molecule has 1 aromatic rings. The number of likely N-dealkylation sites (tertiary alicyclic amines) is 1. The second-order valence-electron chi connectivity index (χ2n) is 6.80. The molecule has 2 aliphatic heterocycles. The lowest BCUT2D eigenvalue weighted by molar-refractivity contribution is -0.0767. The lowest BCUT2D eigenvalue weighted by atomic mass is 9.89. The minimum absolute atomic E-state index is 0.0491. The highest BCUT2D eigenvalue weighted by molar-refractivity contribution is 5.60. The predicted molar refractivity (Wildman–Crippen MR) is 97.7 cm³/mol. The number of hydrogen-bond donors (Lipinski definition) is 0. The first kappa shape index (κ1) is 18.6. The van der Waals surface area contributed by atoms with Gasteiger partial charge in [0, 0.05) is 19.5 Å². The van der Waals surface area contributed by atoms with Gasteiger partial charge >= 0.3 is 6.16 Å². The van der Waals surface area contributed by atoms with Crippen molar-refractivity contribution >= 4 is 6.16 Å². The fraction of sp³-hybridized carbons (Fsp3) is 0.550. The Morgan fingerprint density at radius 3 is 3.00 bits per heavy atom. The summed E-state index contributed by atoms with van der Waals surface area (Å²) in [5.74, 6) is 1.56. The average Bonchev–Trinajstić information content (AvgIpc) is 2.62. The average molecular weight is 361 g/mol. The Hall–Kier alpha value is -2.21. The Morgan fingerprint density at radius 2 is 2.23 bits per heavy atom. The number of carbonyl (C=O) groups is 1. The molecule has 0 amide bonds. The molecule has 2 unspecified atom stereocenters. The van der Waals surface area contributed by atoms with E-state index in [4.69, 9.17) is 18.9 Å². The summed E-state index contributed by atoms with van der Waals surface area (Å²) in [6.07, 6.45) is 3.50. The van der Waals surface area contributed by atoms with E-state index in [0.717, 1.165) is 37.4 Å². The summed E-state index contributed by atoms with van der Waals surface area (Å²) in [4.78, 5) is 14.2. The second kappa shape index (κ2) is 8.45. The van der Waals surface area contributed by atoms with Crippen molar-refractivity contribution in [3.63, 3.8) is 0 Å². The number of piperidine rings is 1. The molecule has 0 aliphatic carbocycles. The number of ether oxygens (including phenoxy) is 4. The largest absolute Gasteiger partial charge is 0.508 e. The van der Waals surface area contributed by atoms with Gasteiger partial charge in [-0.05, 0) is 38.4 Å². The van der Waals surface area contributed by atoms with Gasteiger partial charge in [-0.15, -0.1) is 6.58 Å². The van der Waals surface area contributed by atoms with Gasteiger partial charge < -0.3 is 18.9 Å². The van der Waals surface area contributed by atoms with E-state index in [2.05, 4.69) is 11.5 Å². The first-order valence-electron chi connectivity index (χ1n) is 9.21. The molecule has 6 heteroatoms. The smallest absolute Gasteiger partial charge is 0.486 e. The van der Waals surface area contributed by atoms with Gasteiger partial charge in [-0.3, -0.25) is 4.90 Å². The zero-order valence-electron chi connectivity index (χ0n) is 15.3. The van der Waals surface area contributed by atoms with Gasteiger partial charge in [0.05, 0.1) is 6.61 Å². The van der Waals surface area contributed by atoms with Crippen LogP contribution in [0.5, 0.6) is 11.5 Å². The van der Waals surface area contributed by atoms with E-state index in [1.165, 1.54) is 0 Å². The molecule has 1 saturated heterocycles. The molecule has 2 atom stereocenters. The molecule has 142 valence electrons. The highest BCUT2D eigenvalue weighted by atomic mass is 16.7. The van der Waals surface area contributed by atoms with Crippen LogP contribution in [0.25, 0.3) is 0 Å². The normalized spacial score (nSPS) is 25.3. The number of rotatable bonds is 6. The van der Waals surface area contributed by atoms with Crippen LogP contribution in [0.2, 0.25) is 0 Å². The van der Waals surface area contributed by atoms with Crippen molar-refractivity contribution in [2.45, 2.75) is 37.9 Å². The minimum atomic E-state index is -0.609. The highest BCUT2D eigenvalue weighted by Crippen LogP contribution is 2.33. The molecule has 2 heterocycles.